The van der Waals surface area contributed by atoms with E-state index in [1.165, 1.54) is 0 Å². The summed E-state index contributed by atoms with van der Waals surface area (Å²) in [5.74, 6) is 0.617. The second-order valence-corrected chi connectivity index (χ2v) is 10.9. The van der Waals surface area contributed by atoms with Crippen molar-refractivity contribution in [3.63, 3.8) is 0 Å². The summed E-state index contributed by atoms with van der Waals surface area (Å²) in [5.41, 5.74) is 9.25. The molecule has 9 aromatic rings. The normalized spacial score (nSPS) is 11.6. The number of hydrogen-bond acceptors (Lipinski definition) is 3. The highest BCUT2D eigenvalue weighted by molar-refractivity contribution is 6.17. The van der Waals surface area contributed by atoms with Gasteiger partial charge >= 0.3 is 0 Å². The zero-order valence-electron chi connectivity index (χ0n) is 23.4. The lowest BCUT2D eigenvalue weighted by Crippen LogP contribution is -2.03. The summed E-state index contributed by atoms with van der Waals surface area (Å²) < 4.78 is 8.43. The Balaban J connectivity index is 1.29. The molecule has 0 radical (unpaired) electrons. The Labute approximate surface area is 252 Å². The highest BCUT2D eigenvalue weighted by atomic mass is 16.3. The van der Waals surface area contributed by atoms with Crippen LogP contribution in [-0.2, 0) is 0 Å². The molecule has 0 spiro atoms. The lowest BCUT2D eigenvalue weighted by atomic mass is 10.0. The molecule has 6 aromatic carbocycles. The Morgan fingerprint density at radius 2 is 1.27 bits per heavy atom. The molecule has 0 bridgehead atoms. The van der Waals surface area contributed by atoms with Gasteiger partial charge in [-0.3, -0.25) is 4.57 Å². The van der Waals surface area contributed by atoms with E-state index in [1.807, 2.05) is 60.7 Å². The van der Waals surface area contributed by atoms with E-state index in [-0.39, 0.29) is 0 Å². The summed E-state index contributed by atoms with van der Waals surface area (Å²) in [5, 5.41) is 5.35. The van der Waals surface area contributed by atoms with E-state index in [0.29, 0.717) is 11.6 Å². The Hall–Kier alpha value is -6.25. The molecule has 44 heavy (non-hydrogen) atoms. The predicted octanol–water partition coefficient (Wildman–Crippen LogP) is 10.5. The number of furan rings is 1. The maximum Gasteiger partial charge on any atom is 0.235 e. The van der Waals surface area contributed by atoms with Crippen molar-refractivity contribution < 1.29 is 4.42 Å². The Bertz CT molecular complexity index is 2620. The van der Waals surface area contributed by atoms with E-state index >= 15 is 0 Å². The van der Waals surface area contributed by atoms with Crippen molar-refractivity contribution in [2.24, 2.45) is 0 Å². The van der Waals surface area contributed by atoms with E-state index in [0.717, 1.165) is 77.0 Å². The highest BCUT2D eigenvalue weighted by Crippen LogP contribution is 2.38. The van der Waals surface area contributed by atoms with Crippen molar-refractivity contribution in [3.05, 3.63) is 145 Å². The van der Waals surface area contributed by atoms with Crippen LogP contribution >= 0.6 is 0 Å². The fraction of sp³-hybridized carbons (Fsp3) is 0. The van der Waals surface area contributed by atoms with E-state index in [2.05, 4.69) is 82.2 Å². The van der Waals surface area contributed by atoms with Gasteiger partial charge in [0.1, 0.15) is 11.2 Å². The summed E-state index contributed by atoms with van der Waals surface area (Å²) in [6, 6.07) is 45.2. The van der Waals surface area contributed by atoms with Gasteiger partial charge in [-0.2, -0.15) is 0 Å². The van der Waals surface area contributed by atoms with Crippen molar-refractivity contribution in [2.75, 3.05) is 0 Å². The van der Waals surface area contributed by atoms with E-state index in [4.69, 9.17) is 21.0 Å². The van der Waals surface area contributed by atoms with Gasteiger partial charge in [0.15, 0.2) is 5.69 Å². The van der Waals surface area contributed by atoms with E-state index in [9.17, 15) is 0 Å². The molecule has 0 N–H and O–H groups in total. The minimum atomic E-state index is 0.617. The Kier molecular flexibility index (Phi) is 5.19. The number of nitrogens with zero attached hydrogens (tertiary/aromatic N) is 4. The van der Waals surface area contributed by atoms with Gasteiger partial charge in [-0.25, -0.2) is 14.8 Å². The van der Waals surface area contributed by atoms with Gasteiger partial charge in [0.05, 0.1) is 28.8 Å². The first-order valence-electron chi connectivity index (χ1n) is 14.5. The van der Waals surface area contributed by atoms with Gasteiger partial charge in [-0.05, 0) is 47.5 Å². The topological polar surface area (TPSA) is 48.2 Å². The Morgan fingerprint density at radius 3 is 2.14 bits per heavy atom. The zero-order valence-corrected chi connectivity index (χ0v) is 23.4. The lowest BCUT2D eigenvalue weighted by molar-refractivity contribution is 0.669. The van der Waals surface area contributed by atoms with Crippen LogP contribution in [0, 0.1) is 6.57 Å². The molecule has 0 aliphatic rings. The highest BCUT2D eigenvalue weighted by Gasteiger charge is 2.19. The van der Waals surface area contributed by atoms with Crippen molar-refractivity contribution in [1.29, 1.82) is 0 Å². The summed E-state index contributed by atoms with van der Waals surface area (Å²) in [6.07, 6.45) is 0. The summed E-state index contributed by atoms with van der Waals surface area (Å²) in [6.45, 7) is 7.38. The van der Waals surface area contributed by atoms with Crippen molar-refractivity contribution in [2.45, 2.75) is 0 Å². The third kappa shape index (κ3) is 3.65. The molecule has 9 rings (SSSR count). The monoisotopic (exact) mass is 562 g/mol. The molecule has 0 aliphatic heterocycles. The van der Waals surface area contributed by atoms with Gasteiger partial charge < -0.3 is 4.42 Å². The maximum absolute atomic E-state index is 7.38. The first kappa shape index (κ1) is 24.4. The van der Waals surface area contributed by atoms with Gasteiger partial charge in [-0.15, -0.1) is 0 Å². The smallest absolute Gasteiger partial charge is 0.235 e. The van der Waals surface area contributed by atoms with Crippen LogP contribution in [-0.4, -0.2) is 14.5 Å². The minimum absolute atomic E-state index is 0.617. The Morgan fingerprint density at radius 1 is 0.523 bits per heavy atom. The van der Waals surface area contributed by atoms with Gasteiger partial charge in [-0.1, -0.05) is 97.1 Å². The second-order valence-electron chi connectivity index (χ2n) is 10.9. The van der Waals surface area contributed by atoms with E-state index < -0.39 is 0 Å². The molecular weight excluding hydrogens is 540 g/mol. The first-order chi connectivity index (χ1) is 21.7. The molecule has 5 heteroatoms. The molecule has 5 nitrogen and oxygen atoms in total. The third-order valence-corrected chi connectivity index (χ3v) is 8.43. The van der Waals surface area contributed by atoms with Crippen LogP contribution in [0.4, 0.5) is 5.69 Å². The molecule has 0 saturated carbocycles. The van der Waals surface area contributed by atoms with Gasteiger partial charge in [0.25, 0.3) is 0 Å². The number of rotatable bonds is 3. The zero-order chi connectivity index (χ0) is 29.2. The van der Waals surface area contributed by atoms with Crippen LogP contribution in [0.3, 0.4) is 0 Å². The lowest BCUT2D eigenvalue weighted by Gasteiger charge is -2.12. The molecule has 3 heterocycles. The molecule has 0 atom stereocenters. The number of hydrogen-bond donors (Lipinski definition) is 0. The minimum Gasteiger partial charge on any atom is -0.456 e. The molecule has 0 saturated heterocycles. The van der Waals surface area contributed by atoms with Crippen molar-refractivity contribution in [3.8, 4) is 28.3 Å². The van der Waals surface area contributed by atoms with Crippen LogP contribution in [0.15, 0.2) is 138 Å². The van der Waals surface area contributed by atoms with Crippen LogP contribution in [0.2, 0.25) is 0 Å². The largest absolute Gasteiger partial charge is 0.456 e. The predicted molar refractivity (Wildman–Crippen MR) is 178 cm³/mol. The number of benzene rings is 6. The average Bonchev–Trinajstić information content (AvgIpc) is 3.61. The van der Waals surface area contributed by atoms with E-state index in [1.54, 1.807) is 0 Å². The molecule has 204 valence electrons. The van der Waals surface area contributed by atoms with Crippen LogP contribution in [0.25, 0.3) is 87.8 Å². The molecule has 0 aliphatic carbocycles. The SMILES string of the molecule is [C-]#[N+]c1cccc(-c2ccc(-c3nc(-n4c5ccccc5c5cc6oc7ccccc7c6cc54)nc4ccccc34)cc2)c1. The summed E-state index contributed by atoms with van der Waals surface area (Å²) >= 11 is 0. The van der Waals surface area contributed by atoms with Crippen LogP contribution < -0.4 is 0 Å². The molecule has 0 unspecified atom stereocenters. The quantitative estimate of drug-likeness (QED) is 0.201. The van der Waals surface area contributed by atoms with Crippen molar-refractivity contribution >= 4 is 60.3 Å². The first-order valence-corrected chi connectivity index (χ1v) is 14.5. The number of para-hydroxylation sites is 3. The molecular formula is C39H22N4O. The van der Waals surface area contributed by atoms with Gasteiger partial charge in [0.2, 0.25) is 5.95 Å². The van der Waals surface area contributed by atoms with Crippen LogP contribution in [0.1, 0.15) is 0 Å². The third-order valence-electron chi connectivity index (χ3n) is 8.43. The fourth-order valence-electron chi connectivity index (χ4n) is 6.36. The molecule has 0 amide bonds. The summed E-state index contributed by atoms with van der Waals surface area (Å²) in [7, 11) is 0. The van der Waals surface area contributed by atoms with Crippen LogP contribution in [0.5, 0.6) is 0 Å². The van der Waals surface area contributed by atoms with Crippen molar-refractivity contribution in [1.82, 2.24) is 14.5 Å². The number of aromatic nitrogens is 3. The standard InChI is InChI=1S/C39H22N4O/c1-40-27-10-8-9-26(21-27)24-17-19-25(20-18-24)38-30-13-2-5-14-33(30)41-39(42-38)43-34-15-6-3-11-28(34)31-23-37-32(22-35(31)43)29-12-4-7-16-36(29)44-37/h2-23H. The average molecular weight is 563 g/mol. The molecule has 3 aromatic heterocycles. The maximum atomic E-state index is 7.38. The number of fused-ring (bicyclic) bond motifs is 7. The second kappa shape index (κ2) is 9.38. The van der Waals surface area contributed by atoms with Gasteiger partial charge in [0, 0.05) is 32.5 Å². The molecule has 0 fully saturated rings. The fourth-order valence-corrected chi connectivity index (χ4v) is 6.36. The summed E-state index contributed by atoms with van der Waals surface area (Å²) in [4.78, 5) is 14.0.